The monoisotopic (exact) mass is 362 g/mol. The maximum atomic E-state index is 2.47. The van der Waals surface area contributed by atoms with E-state index in [1.165, 1.54) is 11.1 Å². The van der Waals surface area contributed by atoms with E-state index in [0.717, 1.165) is 7.25 Å². The summed E-state index contributed by atoms with van der Waals surface area (Å²) in [6, 6.07) is 18.0. The second-order valence-corrected chi connectivity index (χ2v) is 10.3. The van der Waals surface area contributed by atoms with Crippen LogP contribution >= 0.6 is 0 Å². The van der Waals surface area contributed by atoms with Gasteiger partial charge in [0.2, 0.25) is 0 Å². The number of hydrogen-bond acceptors (Lipinski definition) is 0. The molecule has 1 heteroatoms. The molecule has 2 aliphatic rings. The fourth-order valence-electron chi connectivity index (χ4n) is 3.61. The van der Waals surface area contributed by atoms with E-state index >= 15 is 0 Å². The first-order valence-electron chi connectivity index (χ1n) is 8.07. The van der Waals surface area contributed by atoms with Gasteiger partial charge in [0.15, 0.2) is 0 Å². The molecule has 0 bridgehead atoms. The SMILES string of the molecule is CC(C)C1=Cc2ccccc2[CH]1[Zr][CH]1C=Cc2ccccc21. The zero-order chi connectivity index (χ0) is 15.1. The van der Waals surface area contributed by atoms with Crippen LogP contribution in [0.1, 0.15) is 43.4 Å². The first-order chi connectivity index (χ1) is 10.7. The fraction of sp³-hybridized carbons (Fsp3) is 0.238. The third kappa shape index (κ3) is 2.40. The van der Waals surface area contributed by atoms with Gasteiger partial charge in [0.25, 0.3) is 0 Å². The van der Waals surface area contributed by atoms with Crippen molar-refractivity contribution in [2.75, 3.05) is 0 Å². The molecule has 0 radical (unpaired) electrons. The van der Waals surface area contributed by atoms with Crippen LogP contribution in [0.5, 0.6) is 0 Å². The van der Waals surface area contributed by atoms with Gasteiger partial charge in [0.05, 0.1) is 0 Å². The Labute approximate surface area is 144 Å². The Balaban J connectivity index is 1.68. The van der Waals surface area contributed by atoms with Gasteiger partial charge in [-0.05, 0) is 0 Å². The average Bonchev–Trinajstić information content (AvgIpc) is 3.10. The Kier molecular flexibility index (Phi) is 3.78. The summed E-state index contributed by atoms with van der Waals surface area (Å²) in [5, 5.41) is 0. The zero-order valence-electron chi connectivity index (χ0n) is 13.1. The van der Waals surface area contributed by atoms with Gasteiger partial charge in [-0.25, -0.2) is 0 Å². The fourth-order valence-corrected chi connectivity index (χ4v) is 8.67. The third-order valence-electron chi connectivity index (χ3n) is 4.77. The molecule has 0 spiro atoms. The van der Waals surface area contributed by atoms with Crippen LogP contribution in [0.4, 0.5) is 0 Å². The van der Waals surface area contributed by atoms with Gasteiger partial charge in [0.1, 0.15) is 0 Å². The Morgan fingerprint density at radius 2 is 1.55 bits per heavy atom. The Bertz CT molecular complexity index is 767. The molecular formula is C21H20Zr. The molecule has 0 fully saturated rings. The summed E-state index contributed by atoms with van der Waals surface area (Å²) >= 11 is -0.632. The number of allylic oxidation sites excluding steroid dienone is 2. The van der Waals surface area contributed by atoms with Crippen LogP contribution in [0, 0.1) is 5.92 Å². The van der Waals surface area contributed by atoms with Gasteiger partial charge in [0, 0.05) is 0 Å². The van der Waals surface area contributed by atoms with Crippen molar-refractivity contribution >= 4 is 12.2 Å². The summed E-state index contributed by atoms with van der Waals surface area (Å²) in [6.45, 7) is 4.70. The van der Waals surface area contributed by atoms with Gasteiger partial charge in [-0.1, -0.05) is 0 Å². The van der Waals surface area contributed by atoms with E-state index in [-0.39, 0.29) is 0 Å². The van der Waals surface area contributed by atoms with Crippen molar-refractivity contribution < 1.29 is 23.2 Å². The number of fused-ring (bicyclic) bond motifs is 2. The molecule has 2 aromatic carbocycles. The van der Waals surface area contributed by atoms with Crippen LogP contribution in [0.15, 0.2) is 60.2 Å². The molecule has 0 aliphatic heterocycles. The Morgan fingerprint density at radius 3 is 2.32 bits per heavy atom. The molecule has 2 aliphatic carbocycles. The number of benzene rings is 2. The van der Waals surface area contributed by atoms with Crippen molar-refractivity contribution in [3.8, 4) is 0 Å². The summed E-state index contributed by atoms with van der Waals surface area (Å²) < 4.78 is 1.46. The second-order valence-electron chi connectivity index (χ2n) is 6.49. The van der Waals surface area contributed by atoms with Crippen LogP contribution < -0.4 is 0 Å². The molecule has 2 unspecified atom stereocenters. The molecule has 2 aromatic rings. The van der Waals surface area contributed by atoms with Gasteiger partial charge in [-0.3, -0.25) is 0 Å². The molecule has 4 rings (SSSR count). The molecule has 0 heterocycles. The maximum absolute atomic E-state index is 2.47. The topological polar surface area (TPSA) is 0 Å². The van der Waals surface area contributed by atoms with Crippen molar-refractivity contribution in [3.63, 3.8) is 0 Å². The van der Waals surface area contributed by atoms with Crippen molar-refractivity contribution in [2.24, 2.45) is 5.92 Å². The van der Waals surface area contributed by atoms with E-state index in [9.17, 15) is 0 Å². The van der Waals surface area contributed by atoms with Crippen LogP contribution in [0.25, 0.3) is 12.2 Å². The van der Waals surface area contributed by atoms with Gasteiger partial charge in [-0.15, -0.1) is 0 Å². The predicted molar refractivity (Wildman–Crippen MR) is 90.2 cm³/mol. The van der Waals surface area contributed by atoms with Crippen molar-refractivity contribution in [1.82, 2.24) is 0 Å². The predicted octanol–water partition coefficient (Wildman–Crippen LogP) is 5.63. The second kappa shape index (κ2) is 5.78. The van der Waals surface area contributed by atoms with Crippen molar-refractivity contribution in [1.29, 1.82) is 0 Å². The van der Waals surface area contributed by atoms with E-state index in [2.05, 4.69) is 80.6 Å². The van der Waals surface area contributed by atoms with Crippen LogP contribution in [-0.4, -0.2) is 0 Å². The molecule has 0 saturated heterocycles. The quantitative estimate of drug-likeness (QED) is 0.663. The summed E-state index contributed by atoms with van der Waals surface area (Å²) in [5.41, 5.74) is 7.74. The third-order valence-corrected chi connectivity index (χ3v) is 9.30. The number of hydrogen-bond donors (Lipinski definition) is 0. The van der Waals surface area contributed by atoms with E-state index in [1.807, 2.05) is 0 Å². The van der Waals surface area contributed by atoms with Crippen LogP contribution in [0.3, 0.4) is 0 Å². The van der Waals surface area contributed by atoms with Crippen LogP contribution in [-0.2, 0) is 23.2 Å². The molecule has 0 amide bonds. The molecule has 22 heavy (non-hydrogen) atoms. The van der Waals surface area contributed by atoms with Crippen LogP contribution in [0.2, 0.25) is 0 Å². The Hall–Kier alpha value is -1.20. The standard InChI is InChI=1S/C12H13.C9H7.Zr/c1-9(2)12-7-10-5-3-4-6-11(10)8-12;1-2-5-9-7-3-6-8(9)4-1;/h3-9H,1-2H3;1-7H;. The minimum absolute atomic E-state index is 0.632. The molecule has 2 atom stereocenters. The average molecular weight is 364 g/mol. The van der Waals surface area contributed by atoms with Gasteiger partial charge in [-0.2, -0.15) is 0 Å². The van der Waals surface area contributed by atoms with E-state index < -0.39 is 23.2 Å². The zero-order valence-corrected chi connectivity index (χ0v) is 15.5. The van der Waals surface area contributed by atoms with Gasteiger partial charge < -0.3 is 0 Å². The Morgan fingerprint density at radius 1 is 0.864 bits per heavy atom. The summed E-state index contributed by atoms with van der Waals surface area (Å²) in [4.78, 5) is 0. The molecule has 0 nitrogen and oxygen atoms in total. The number of rotatable bonds is 3. The normalized spacial score (nSPS) is 21.7. The summed E-state index contributed by atoms with van der Waals surface area (Å²) in [6.07, 6.45) is 7.27. The van der Waals surface area contributed by atoms with Crippen molar-refractivity contribution in [3.05, 3.63) is 82.4 Å². The first-order valence-corrected chi connectivity index (χ1v) is 10.9. The van der Waals surface area contributed by atoms with Crippen molar-refractivity contribution in [2.45, 2.75) is 21.1 Å². The van der Waals surface area contributed by atoms with E-state index in [1.54, 1.807) is 16.7 Å². The molecule has 0 saturated carbocycles. The molecule has 0 N–H and O–H groups in total. The van der Waals surface area contributed by atoms with Gasteiger partial charge >= 0.3 is 145 Å². The minimum atomic E-state index is -0.632. The summed E-state index contributed by atoms with van der Waals surface area (Å²) in [5.74, 6) is 0.652. The molecule has 0 aromatic heterocycles. The van der Waals surface area contributed by atoms with E-state index in [4.69, 9.17) is 0 Å². The summed E-state index contributed by atoms with van der Waals surface area (Å²) in [7, 11) is 0. The van der Waals surface area contributed by atoms with E-state index in [0.29, 0.717) is 5.92 Å². The first kappa shape index (κ1) is 14.4. The molecule has 108 valence electrons. The molecular weight excluding hydrogens is 343 g/mol.